The highest BCUT2D eigenvalue weighted by molar-refractivity contribution is 7.99. The highest BCUT2D eigenvalue weighted by Crippen LogP contribution is 2.23. The zero-order chi connectivity index (χ0) is 19.5. The van der Waals surface area contributed by atoms with Crippen molar-refractivity contribution in [1.29, 1.82) is 0 Å². The number of thioether (sulfide) groups is 1. The summed E-state index contributed by atoms with van der Waals surface area (Å²) in [7, 11) is 1.69. The van der Waals surface area contributed by atoms with E-state index >= 15 is 0 Å². The molecule has 1 N–H and O–H groups in total. The molecular weight excluding hydrogens is 392 g/mol. The molecule has 1 aliphatic heterocycles. The van der Waals surface area contributed by atoms with Crippen LogP contribution in [0.5, 0.6) is 0 Å². The molecule has 1 fully saturated rings. The molecule has 0 aliphatic carbocycles. The summed E-state index contributed by atoms with van der Waals surface area (Å²) in [5.74, 6) is 0.0849. The summed E-state index contributed by atoms with van der Waals surface area (Å²) in [6.45, 7) is 2.20. The first kappa shape index (κ1) is 19.0. The number of amides is 1. The van der Waals surface area contributed by atoms with E-state index in [0.717, 1.165) is 18.8 Å². The first-order chi connectivity index (χ1) is 13.6. The van der Waals surface area contributed by atoms with Crippen LogP contribution in [0.4, 0.5) is 11.4 Å². The molecule has 1 aliphatic rings. The van der Waals surface area contributed by atoms with Crippen molar-refractivity contribution < 1.29 is 4.79 Å². The lowest BCUT2D eigenvalue weighted by Crippen LogP contribution is -2.29. The highest BCUT2D eigenvalue weighted by Gasteiger charge is 2.13. The molecule has 3 heterocycles. The summed E-state index contributed by atoms with van der Waals surface area (Å²) in [6, 6.07) is 9.79. The van der Waals surface area contributed by atoms with Crippen molar-refractivity contribution in [3.63, 3.8) is 0 Å². The Labute approximate surface area is 171 Å². The third-order valence-electron chi connectivity index (χ3n) is 4.87. The molecule has 1 saturated heterocycles. The van der Waals surface area contributed by atoms with E-state index in [0.29, 0.717) is 15.4 Å². The molecule has 0 spiro atoms. The molecular formula is C20H22N4O2S2. The molecule has 0 atom stereocenters. The average Bonchev–Trinajstić information content (AvgIpc) is 3.19. The lowest BCUT2D eigenvalue weighted by molar-refractivity contribution is -0.113. The smallest absolute Gasteiger partial charge is 0.262 e. The van der Waals surface area contributed by atoms with Crippen LogP contribution >= 0.6 is 23.1 Å². The van der Waals surface area contributed by atoms with Crippen LogP contribution in [0.1, 0.15) is 19.3 Å². The van der Waals surface area contributed by atoms with Crippen molar-refractivity contribution in [1.82, 2.24) is 9.55 Å². The molecule has 1 amide bonds. The molecule has 8 heteroatoms. The van der Waals surface area contributed by atoms with E-state index in [1.54, 1.807) is 13.1 Å². The van der Waals surface area contributed by atoms with Gasteiger partial charge in [-0.2, -0.15) is 0 Å². The molecule has 0 bridgehead atoms. The number of hydrogen-bond donors (Lipinski definition) is 1. The lowest BCUT2D eigenvalue weighted by Gasteiger charge is -2.28. The number of benzene rings is 1. The maximum Gasteiger partial charge on any atom is 0.262 e. The molecule has 1 aromatic carbocycles. The Hall–Kier alpha value is -2.32. The number of rotatable bonds is 5. The van der Waals surface area contributed by atoms with Gasteiger partial charge in [0.2, 0.25) is 5.91 Å². The minimum absolute atomic E-state index is 0.0811. The number of hydrogen-bond acceptors (Lipinski definition) is 6. The van der Waals surface area contributed by atoms with E-state index in [1.807, 2.05) is 17.5 Å². The molecule has 6 nitrogen and oxygen atoms in total. The fourth-order valence-corrected chi connectivity index (χ4v) is 4.92. The van der Waals surface area contributed by atoms with Crippen LogP contribution in [0.25, 0.3) is 10.2 Å². The van der Waals surface area contributed by atoms with Gasteiger partial charge in [0.05, 0.1) is 11.1 Å². The number of carbonyl (C=O) groups excluding carboxylic acids is 1. The van der Waals surface area contributed by atoms with Crippen LogP contribution in [0.15, 0.2) is 45.7 Å². The molecule has 0 radical (unpaired) electrons. The molecule has 4 rings (SSSR count). The SMILES string of the molecule is Cn1c(SCC(=O)Nc2ccc(N3CCCCC3)cc2)nc2sccc2c1=O. The third kappa shape index (κ3) is 4.07. The van der Waals surface area contributed by atoms with Gasteiger partial charge >= 0.3 is 0 Å². The Kier molecular flexibility index (Phi) is 5.68. The van der Waals surface area contributed by atoms with Crippen molar-refractivity contribution in [3.8, 4) is 0 Å². The summed E-state index contributed by atoms with van der Waals surface area (Å²) in [5, 5.41) is 5.94. The van der Waals surface area contributed by atoms with Crippen molar-refractivity contribution in [2.75, 3.05) is 29.1 Å². The van der Waals surface area contributed by atoms with E-state index in [1.165, 1.54) is 52.6 Å². The minimum atomic E-state index is -0.115. The average molecular weight is 415 g/mol. The predicted molar refractivity (Wildman–Crippen MR) is 117 cm³/mol. The number of carbonyl (C=O) groups is 1. The fourth-order valence-electron chi connectivity index (χ4n) is 3.34. The predicted octanol–water partition coefficient (Wildman–Crippen LogP) is 3.72. The van der Waals surface area contributed by atoms with Gasteiger partial charge in [0.1, 0.15) is 4.83 Å². The Morgan fingerprint density at radius 3 is 2.68 bits per heavy atom. The number of nitrogens with one attached hydrogen (secondary N) is 1. The van der Waals surface area contributed by atoms with Gasteiger partial charge < -0.3 is 10.2 Å². The Balaban J connectivity index is 1.37. The van der Waals surface area contributed by atoms with Crippen LogP contribution < -0.4 is 15.8 Å². The van der Waals surface area contributed by atoms with E-state index in [-0.39, 0.29) is 17.2 Å². The molecule has 2 aromatic heterocycles. The van der Waals surface area contributed by atoms with Crippen LogP contribution in [0.3, 0.4) is 0 Å². The number of aromatic nitrogens is 2. The summed E-state index contributed by atoms with van der Waals surface area (Å²) < 4.78 is 1.50. The summed E-state index contributed by atoms with van der Waals surface area (Å²) >= 11 is 2.70. The summed E-state index contributed by atoms with van der Waals surface area (Å²) in [6.07, 6.45) is 3.79. The topological polar surface area (TPSA) is 67.2 Å². The zero-order valence-electron chi connectivity index (χ0n) is 15.7. The first-order valence-electron chi connectivity index (χ1n) is 9.34. The highest BCUT2D eigenvalue weighted by atomic mass is 32.2. The normalized spacial score (nSPS) is 14.4. The van der Waals surface area contributed by atoms with E-state index < -0.39 is 0 Å². The number of fused-ring (bicyclic) bond motifs is 1. The van der Waals surface area contributed by atoms with Crippen molar-refractivity contribution in [2.24, 2.45) is 7.05 Å². The summed E-state index contributed by atoms with van der Waals surface area (Å²) in [5.41, 5.74) is 1.90. The van der Waals surface area contributed by atoms with Gasteiger partial charge in [-0.3, -0.25) is 14.2 Å². The fraction of sp³-hybridized carbons (Fsp3) is 0.350. The largest absolute Gasteiger partial charge is 0.372 e. The number of anilines is 2. The monoisotopic (exact) mass is 414 g/mol. The molecule has 146 valence electrons. The molecule has 0 unspecified atom stereocenters. The molecule has 3 aromatic rings. The lowest BCUT2D eigenvalue weighted by atomic mass is 10.1. The standard InChI is InChI=1S/C20H22N4O2S2/c1-23-19(26)16-9-12-27-18(16)22-20(23)28-13-17(25)21-14-5-7-15(8-6-14)24-10-3-2-4-11-24/h5-9,12H,2-4,10-11,13H2,1H3,(H,21,25). The Morgan fingerprint density at radius 1 is 1.18 bits per heavy atom. The van der Waals surface area contributed by atoms with Crippen molar-refractivity contribution in [3.05, 3.63) is 46.1 Å². The van der Waals surface area contributed by atoms with Gasteiger partial charge in [-0.25, -0.2) is 4.98 Å². The van der Waals surface area contributed by atoms with Crippen LogP contribution in [0, 0.1) is 0 Å². The second-order valence-electron chi connectivity index (χ2n) is 6.83. The van der Waals surface area contributed by atoms with Gasteiger partial charge in [0.25, 0.3) is 5.56 Å². The van der Waals surface area contributed by atoms with Gasteiger partial charge in [-0.15, -0.1) is 11.3 Å². The van der Waals surface area contributed by atoms with Gasteiger partial charge in [0, 0.05) is 31.5 Å². The minimum Gasteiger partial charge on any atom is -0.372 e. The van der Waals surface area contributed by atoms with Gasteiger partial charge in [-0.1, -0.05) is 11.8 Å². The van der Waals surface area contributed by atoms with Crippen molar-refractivity contribution >= 4 is 50.6 Å². The third-order valence-corrected chi connectivity index (χ3v) is 6.71. The van der Waals surface area contributed by atoms with Gasteiger partial charge in [-0.05, 0) is 55.0 Å². The van der Waals surface area contributed by atoms with Crippen molar-refractivity contribution in [2.45, 2.75) is 24.4 Å². The van der Waals surface area contributed by atoms with Crippen LogP contribution in [0.2, 0.25) is 0 Å². The van der Waals surface area contributed by atoms with Gasteiger partial charge in [0.15, 0.2) is 5.16 Å². The number of piperidine rings is 1. The Morgan fingerprint density at radius 2 is 1.93 bits per heavy atom. The summed E-state index contributed by atoms with van der Waals surface area (Å²) in [4.78, 5) is 32.2. The molecule has 28 heavy (non-hydrogen) atoms. The number of nitrogens with zero attached hydrogens (tertiary/aromatic N) is 3. The van der Waals surface area contributed by atoms with Crippen LogP contribution in [-0.2, 0) is 11.8 Å². The quantitative estimate of drug-likeness (QED) is 0.509. The number of thiophene rings is 1. The van der Waals surface area contributed by atoms with E-state index in [2.05, 4.69) is 27.3 Å². The molecule has 0 saturated carbocycles. The maximum atomic E-state index is 12.3. The Bertz CT molecular complexity index is 1040. The first-order valence-corrected chi connectivity index (χ1v) is 11.2. The second kappa shape index (κ2) is 8.36. The second-order valence-corrected chi connectivity index (χ2v) is 8.67. The van der Waals surface area contributed by atoms with E-state index in [4.69, 9.17) is 0 Å². The zero-order valence-corrected chi connectivity index (χ0v) is 17.3. The van der Waals surface area contributed by atoms with E-state index in [9.17, 15) is 9.59 Å². The van der Waals surface area contributed by atoms with Crippen LogP contribution in [-0.4, -0.2) is 34.3 Å². The maximum absolute atomic E-state index is 12.3.